The lowest BCUT2D eigenvalue weighted by molar-refractivity contribution is 0.0951. The minimum absolute atomic E-state index is 0.201. The lowest BCUT2D eigenvalue weighted by Gasteiger charge is -2.23. The van der Waals surface area contributed by atoms with Gasteiger partial charge in [-0.2, -0.15) is 0 Å². The van der Waals surface area contributed by atoms with E-state index in [1.54, 1.807) is 67.2 Å². The van der Waals surface area contributed by atoms with Gasteiger partial charge >= 0.3 is 0 Å². The summed E-state index contributed by atoms with van der Waals surface area (Å²) in [7, 11) is -3.69. The molecule has 0 atom stereocenters. The lowest BCUT2D eigenvalue weighted by atomic mass is 10.1. The SMILES string of the molecule is CCN(c1ccc(C(=O)NCc2ccccc2C)cc1)S(=O)(=O)c1ccc(SC)cc1. The molecule has 0 heterocycles. The van der Waals surface area contributed by atoms with E-state index in [2.05, 4.69) is 5.32 Å². The van der Waals surface area contributed by atoms with Crippen LogP contribution in [0.1, 0.15) is 28.4 Å². The Kier molecular flexibility index (Phi) is 7.41. The van der Waals surface area contributed by atoms with Crippen molar-refractivity contribution in [2.75, 3.05) is 17.1 Å². The van der Waals surface area contributed by atoms with Crippen molar-refractivity contribution < 1.29 is 13.2 Å². The van der Waals surface area contributed by atoms with Crippen LogP contribution in [-0.2, 0) is 16.6 Å². The second kappa shape index (κ2) is 10.0. The lowest BCUT2D eigenvalue weighted by Crippen LogP contribution is -2.31. The smallest absolute Gasteiger partial charge is 0.264 e. The number of benzene rings is 3. The van der Waals surface area contributed by atoms with Gasteiger partial charge in [-0.25, -0.2) is 8.42 Å². The molecule has 1 amide bonds. The second-order valence-corrected chi connectivity index (χ2v) is 9.74. The predicted molar refractivity (Wildman–Crippen MR) is 127 cm³/mol. The van der Waals surface area contributed by atoms with Crippen LogP contribution in [0, 0.1) is 6.92 Å². The summed E-state index contributed by atoms with van der Waals surface area (Å²) in [5.74, 6) is -0.201. The molecule has 0 unspecified atom stereocenters. The average molecular weight is 455 g/mol. The Hall–Kier alpha value is -2.77. The quantitative estimate of drug-likeness (QED) is 0.494. The van der Waals surface area contributed by atoms with Crippen LogP contribution >= 0.6 is 11.8 Å². The fourth-order valence-electron chi connectivity index (χ4n) is 3.23. The summed E-state index contributed by atoms with van der Waals surface area (Å²) in [4.78, 5) is 13.8. The summed E-state index contributed by atoms with van der Waals surface area (Å²) in [6.07, 6.45) is 1.95. The van der Waals surface area contributed by atoms with Gasteiger partial charge in [-0.1, -0.05) is 24.3 Å². The van der Waals surface area contributed by atoms with Gasteiger partial charge in [0.2, 0.25) is 0 Å². The zero-order valence-corrected chi connectivity index (χ0v) is 19.5. The van der Waals surface area contributed by atoms with Crippen LogP contribution in [-0.4, -0.2) is 27.1 Å². The van der Waals surface area contributed by atoms with Crippen LogP contribution in [0.25, 0.3) is 0 Å². The Morgan fingerprint density at radius 2 is 1.61 bits per heavy atom. The summed E-state index contributed by atoms with van der Waals surface area (Å²) < 4.78 is 27.6. The van der Waals surface area contributed by atoms with Crippen LogP contribution < -0.4 is 9.62 Å². The fourth-order valence-corrected chi connectivity index (χ4v) is 5.11. The Morgan fingerprint density at radius 3 is 2.19 bits per heavy atom. The minimum Gasteiger partial charge on any atom is -0.348 e. The molecule has 3 rings (SSSR count). The van der Waals surface area contributed by atoms with E-state index in [-0.39, 0.29) is 17.3 Å². The fraction of sp³-hybridized carbons (Fsp3) is 0.208. The number of anilines is 1. The van der Waals surface area contributed by atoms with Crippen LogP contribution in [0.5, 0.6) is 0 Å². The highest BCUT2D eigenvalue weighted by molar-refractivity contribution is 7.98. The normalized spacial score (nSPS) is 11.2. The zero-order chi connectivity index (χ0) is 22.4. The van der Waals surface area contributed by atoms with E-state index in [9.17, 15) is 13.2 Å². The van der Waals surface area contributed by atoms with Crippen molar-refractivity contribution in [1.29, 1.82) is 0 Å². The molecule has 0 radical (unpaired) electrons. The molecule has 0 aliphatic carbocycles. The molecule has 0 aromatic heterocycles. The molecule has 0 bridgehead atoms. The van der Waals surface area contributed by atoms with Gasteiger partial charge in [0, 0.05) is 23.5 Å². The van der Waals surface area contributed by atoms with Crippen LogP contribution in [0.4, 0.5) is 5.69 Å². The summed E-state index contributed by atoms with van der Waals surface area (Å²) in [5.41, 5.74) is 3.18. The van der Waals surface area contributed by atoms with Crippen molar-refractivity contribution in [1.82, 2.24) is 5.32 Å². The summed E-state index contributed by atoms with van der Waals surface area (Å²) in [5, 5.41) is 2.91. The van der Waals surface area contributed by atoms with Crippen LogP contribution in [0.3, 0.4) is 0 Å². The Morgan fingerprint density at radius 1 is 0.968 bits per heavy atom. The molecule has 5 nitrogen and oxygen atoms in total. The number of thioether (sulfide) groups is 1. The number of aryl methyl sites for hydroxylation is 1. The summed E-state index contributed by atoms with van der Waals surface area (Å²) >= 11 is 1.56. The van der Waals surface area contributed by atoms with Gasteiger partial charge in [-0.05, 0) is 79.8 Å². The number of nitrogens with one attached hydrogen (secondary N) is 1. The van der Waals surface area contributed by atoms with Crippen molar-refractivity contribution in [2.24, 2.45) is 0 Å². The maximum absolute atomic E-state index is 13.1. The number of amides is 1. The van der Waals surface area contributed by atoms with Crippen LogP contribution in [0.2, 0.25) is 0 Å². The highest BCUT2D eigenvalue weighted by atomic mass is 32.2. The van der Waals surface area contributed by atoms with E-state index in [1.165, 1.54) is 4.31 Å². The maximum Gasteiger partial charge on any atom is 0.264 e. The second-order valence-electron chi connectivity index (χ2n) is 7.00. The molecule has 0 fully saturated rings. The first-order valence-corrected chi connectivity index (χ1v) is 12.6. The van der Waals surface area contributed by atoms with Crippen molar-refractivity contribution >= 4 is 33.4 Å². The van der Waals surface area contributed by atoms with E-state index >= 15 is 0 Å². The van der Waals surface area contributed by atoms with Crippen molar-refractivity contribution in [3.8, 4) is 0 Å². The Bertz CT molecular complexity index is 1140. The third-order valence-electron chi connectivity index (χ3n) is 5.05. The first-order chi connectivity index (χ1) is 14.9. The molecule has 0 spiro atoms. The van der Waals surface area contributed by atoms with E-state index < -0.39 is 10.0 Å². The van der Waals surface area contributed by atoms with E-state index in [1.807, 2.05) is 37.4 Å². The standard InChI is InChI=1S/C24H26N2O3S2/c1-4-26(31(28,29)23-15-13-22(30-3)14-16-23)21-11-9-19(10-12-21)24(27)25-17-20-8-6-5-7-18(20)2/h5-16H,4,17H2,1-3H3,(H,25,27). The van der Waals surface area contributed by atoms with Gasteiger partial charge in [-0.15, -0.1) is 11.8 Å². The first-order valence-electron chi connectivity index (χ1n) is 9.96. The molecule has 162 valence electrons. The highest BCUT2D eigenvalue weighted by Crippen LogP contribution is 2.25. The van der Waals surface area contributed by atoms with Crippen molar-refractivity contribution in [3.05, 3.63) is 89.5 Å². The van der Waals surface area contributed by atoms with Gasteiger partial charge in [0.25, 0.3) is 15.9 Å². The van der Waals surface area contributed by atoms with Gasteiger partial charge in [-0.3, -0.25) is 9.10 Å². The minimum atomic E-state index is -3.69. The number of carbonyl (C=O) groups excluding carboxylic acids is 1. The maximum atomic E-state index is 13.1. The number of sulfonamides is 1. The van der Waals surface area contributed by atoms with Gasteiger partial charge < -0.3 is 5.32 Å². The largest absolute Gasteiger partial charge is 0.348 e. The summed E-state index contributed by atoms with van der Waals surface area (Å²) in [6.45, 7) is 4.52. The molecule has 31 heavy (non-hydrogen) atoms. The van der Waals surface area contributed by atoms with Crippen LogP contribution in [0.15, 0.2) is 82.6 Å². The number of nitrogens with zero attached hydrogens (tertiary/aromatic N) is 1. The average Bonchev–Trinajstić information content (AvgIpc) is 2.79. The number of hydrogen-bond donors (Lipinski definition) is 1. The van der Waals surface area contributed by atoms with E-state index in [0.717, 1.165) is 16.0 Å². The zero-order valence-electron chi connectivity index (χ0n) is 17.8. The third kappa shape index (κ3) is 5.29. The molecule has 3 aromatic rings. The van der Waals surface area contributed by atoms with E-state index in [0.29, 0.717) is 17.8 Å². The predicted octanol–water partition coefficient (Wildman–Crippen LogP) is 4.86. The molecule has 7 heteroatoms. The topological polar surface area (TPSA) is 66.5 Å². The molecule has 3 aromatic carbocycles. The van der Waals surface area contributed by atoms with Crippen molar-refractivity contribution in [3.63, 3.8) is 0 Å². The Balaban J connectivity index is 1.75. The number of rotatable bonds is 8. The third-order valence-corrected chi connectivity index (χ3v) is 7.71. The molecule has 0 saturated heterocycles. The van der Waals surface area contributed by atoms with Gasteiger partial charge in [0.1, 0.15) is 0 Å². The molecule has 1 N–H and O–H groups in total. The van der Waals surface area contributed by atoms with E-state index in [4.69, 9.17) is 0 Å². The molecule has 0 aliphatic rings. The number of carbonyl (C=O) groups is 1. The first kappa shape index (κ1) is 22.9. The Labute approximate surface area is 188 Å². The van der Waals surface area contributed by atoms with Gasteiger partial charge in [0.15, 0.2) is 0 Å². The highest BCUT2D eigenvalue weighted by Gasteiger charge is 2.23. The number of hydrogen-bond acceptors (Lipinski definition) is 4. The monoisotopic (exact) mass is 454 g/mol. The van der Waals surface area contributed by atoms with Gasteiger partial charge in [0.05, 0.1) is 10.6 Å². The molecular formula is C24H26N2O3S2. The molecule has 0 saturated carbocycles. The summed E-state index contributed by atoms with van der Waals surface area (Å²) in [6, 6.07) is 21.4. The van der Waals surface area contributed by atoms with Crippen molar-refractivity contribution in [2.45, 2.75) is 30.2 Å². The molecular weight excluding hydrogens is 428 g/mol. The molecule has 0 aliphatic heterocycles.